The van der Waals surface area contributed by atoms with Gasteiger partial charge in [-0.3, -0.25) is 9.89 Å². The summed E-state index contributed by atoms with van der Waals surface area (Å²) in [5.41, 5.74) is 1.13. The maximum Gasteiger partial charge on any atom is 0.191 e. The van der Waals surface area contributed by atoms with Crippen LogP contribution in [0.1, 0.15) is 33.3 Å². The molecule has 0 aromatic carbocycles. The molecule has 1 aromatic heterocycles. The number of anilines is 1. The molecule has 0 spiro atoms. The molecule has 8 nitrogen and oxygen atoms in total. The number of rotatable bonds is 7. The van der Waals surface area contributed by atoms with Gasteiger partial charge in [0.15, 0.2) is 5.96 Å². The Bertz CT molecular complexity index is 680. The highest BCUT2D eigenvalue weighted by Gasteiger charge is 2.24. The predicted molar refractivity (Wildman–Crippen MR) is 126 cm³/mol. The maximum atomic E-state index is 5.82. The lowest BCUT2D eigenvalue weighted by molar-refractivity contribution is -0.00546. The molecule has 31 heavy (non-hydrogen) atoms. The number of hydrogen-bond donors (Lipinski definition) is 2. The van der Waals surface area contributed by atoms with E-state index in [2.05, 4.69) is 70.2 Å². The molecule has 3 heterocycles. The largest absolute Gasteiger partial charge is 0.379 e. The van der Waals surface area contributed by atoms with Gasteiger partial charge in [-0.2, -0.15) is 0 Å². The second kappa shape index (κ2) is 11.6. The van der Waals surface area contributed by atoms with E-state index in [0.29, 0.717) is 18.5 Å². The SMILES string of the molecule is CN=C(NCc1ccc(N2CC(C)OC(C)C2)nc1)NCC(C(C)C)N1CCOCC1. The molecule has 1 aromatic rings. The van der Waals surface area contributed by atoms with Crippen molar-refractivity contribution in [2.24, 2.45) is 10.9 Å². The maximum absolute atomic E-state index is 5.82. The van der Waals surface area contributed by atoms with Gasteiger partial charge in [0, 0.05) is 58.6 Å². The Hall–Kier alpha value is -1.90. The molecule has 0 saturated carbocycles. The Kier molecular flexibility index (Phi) is 8.92. The number of ether oxygens (including phenoxy) is 2. The summed E-state index contributed by atoms with van der Waals surface area (Å²) >= 11 is 0. The van der Waals surface area contributed by atoms with E-state index in [0.717, 1.165) is 63.3 Å². The molecule has 0 radical (unpaired) electrons. The molecule has 3 rings (SSSR count). The second-order valence-electron chi connectivity index (χ2n) is 8.95. The molecule has 0 aliphatic carbocycles. The summed E-state index contributed by atoms with van der Waals surface area (Å²) in [6, 6.07) is 4.70. The fourth-order valence-corrected chi connectivity index (χ4v) is 4.38. The molecule has 174 valence electrons. The molecule has 3 unspecified atom stereocenters. The summed E-state index contributed by atoms with van der Waals surface area (Å²) in [5, 5.41) is 6.92. The Morgan fingerprint density at radius 2 is 1.87 bits per heavy atom. The molecule has 8 heteroatoms. The zero-order valence-corrected chi connectivity index (χ0v) is 19.8. The van der Waals surface area contributed by atoms with E-state index >= 15 is 0 Å². The zero-order valence-electron chi connectivity index (χ0n) is 19.8. The van der Waals surface area contributed by atoms with E-state index in [-0.39, 0.29) is 12.2 Å². The van der Waals surface area contributed by atoms with Crippen LogP contribution in [0.15, 0.2) is 23.3 Å². The van der Waals surface area contributed by atoms with Crippen LogP contribution in [0.25, 0.3) is 0 Å². The van der Waals surface area contributed by atoms with Gasteiger partial charge in [-0.15, -0.1) is 0 Å². The summed E-state index contributed by atoms with van der Waals surface area (Å²) in [6.45, 7) is 15.7. The van der Waals surface area contributed by atoms with Gasteiger partial charge in [0.1, 0.15) is 5.82 Å². The van der Waals surface area contributed by atoms with Crippen molar-refractivity contribution in [3.05, 3.63) is 23.9 Å². The van der Waals surface area contributed by atoms with E-state index in [1.807, 2.05) is 13.2 Å². The molecule has 0 bridgehead atoms. The first-order valence-electron chi connectivity index (χ1n) is 11.6. The molecule has 2 aliphatic heterocycles. The standard InChI is InChI=1S/C23H40N6O2/c1-17(2)21(28-8-10-30-11-9-28)14-27-23(24-5)26-13-20-6-7-22(25-12-20)29-15-18(3)31-19(4)16-29/h6-7,12,17-19,21H,8-11,13-16H2,1-5H3,(H2,24,26,27). The number of guanidine groups is 1. The van der Waals surface area contributed by atoms with Crippen LogP contribution in [0.3, 0.4) is 0 Å². The van der Waals surface area contributed by atoms with Crippen LogP contribution in [0.2, 0.25) is 0 Å². The molecule has 0 amide bonds. The number of nitrogens with zero attached hydrogens (tertiary/aromatic N) is 4. The van der Waals surface area contributed by atoms with Crippen molar-refractivity contribution in [1.82, 2.24) is 20.5 Å². The Morgan fingerprint density at radius 1 is 1.16 bits per heavy atom. The van der Waals surface area contributed by atoms with E-state index < -0.39 is 0 Å². The van der Waals surface area contributed by atoms with Crippen molar-refractivity contribution in [1.29, 1.82) is 0 Å². The molecule has 2 saturated heterocycles. The van der Waals surface area contributed by atoms with Gasteiger partial charge in [0.2, 0.25) is 0 Å². The van der Waals surface area contributed by atoms with E-state index in [4.69, 9.17) is 9.47 Å². The van der Waals surface area contributed by atoms with Gasteiger partial charge in [-0.1, -0.05) is 19.9 Å². The van der Waals surface area contributed by atoms with Gasteiger partial charge in [-0.05, 0) is 31.4 Å². The summed E-state index contributed by atoms with van der Waals surface area (Å²) in [4.78, 5) is 13.9. The van der Waals surface area contributed by atoms with Gasteiger partial charge in [-0.25, -0.2) is 4.98 Å². The van der Waals surface area contributed by atoms with Crippen molar-refractivity contribution in [2.45, 2.75) is 52.5 Å². The average molecular weight is 433 g/mol. The normalized spacial score (nSPS) is 24.3. The monoisotopic (exact) mass is 432 g/mol. The van der Waals surface area contributed by atoms with E-state index in [1.54, 1.807) is 0 Å². The van der Waals surface area contributed by atoms with E-state index in [1.165, 1.54) is 0 Å². The lowest BCUT2D eigenvalue weighted by Crippen LogP contribution is -2.52. The molecule has 2 fully saturated rings. The van der Waals surface area contributed by atoms with E-state index in [9.17, 15) is 0 Å². The first kappa shape index (κ1) is 23.8. The third-order valence-corrected chi connectivity index (χ3v) is 6.00. The highest BCUT2D eigenvalue weighted by Crippen LogP contribution is 2.18. The Labute approximate surface area is 187 Å². The summed E-state index contributed by atoms with van der Waals surface area (Å²) in [7, 11) is 1.82. The summed E-state index contributed by atoms with van der Waals surface area (Å²) in [5.74, 6) is 2.39. The molecular formula is C23H40N6O2. The fourth-order valence-electron chi connectivity index (χ4n) is 4.38. The quantitative estimate of drug-likeness (QED) is 0.502. The minimum Gasteiger partial charge on any atom is -0.379 e. The highest BCUT2D eigenvalue weighted by atomic mass is 16.5. The van der Waals surface area contributed by atoms with Crippen molar-refractivity contribution < 1.29 is 9.47 Å². The van der Waals surface area contributed by atoms with Gasteiger partial charge < -0.3 is 25.0 Å². The number of morpholine rings is 2. The minimum atomic E-state index is 0.230. The summed E-state index contributed by atoms with van der Waals surface area (Å²) < 4.78 is 11.3. The van der Waals surface area contributed by atoms with Crippen molar-refractivity contribution >= 4 is 11.8 Å². The third-order valence-electron chi connectivity index (χ3n) is 6.00. The van der Waals surface area contributed by atoms with Crippen LogP contribution < -0.4 is 15.5 Å². The smallest absolute Gasteiger partial charge is 0.191 e. The fraction of sp³-hybridized carbons (Fsp3) is 0.739. The third kappa shape index (κ3) is 7.05. The van der Waals surface area contributed by atoms with Crippen LogP contribution in [0.4, 0.5) is 5.82 Å². The second-order valence-corrected chi connectivity index (χ2v) is 8.95. The predicted octanol–water partition coefficient (Wildman–Crippen LogP) is 1.72. The van der Waals surface area contributed by atoms with Gasteiger partial charge in [0.25, 0.3) is 0 Å². The van der Waals surface area contributed by atoms with Crippen molar-refractivity contribution in [3.63, 3.8) is 0 Å². The Balaban J connectivity index is 1.48. The molecular weight excluding hydrogens is 392 g/mol. The van der Waals surface area contributed by atoms with Gasteiger partial charge in [0.05, 0.1) is 25.4 Å². The number of hydrogen-bond acceptors (Lipinski definition) is 6. The number of pyridine rings is 1. The summed E-state index contributed by atoms with van der Waals surface area (Å²) in [6.07, 6.45) is 2.41. The van der Waals surface area contributed by atoms with Crippen LogP contribution >= 0.6 is 0 Å². The minimum absolute atomic E-state index is 0.230. The molecule has 3 atom stereocenters. The lowest BCUT2D eigenvalue weighted by atomic mass is 10.0. The first-order chi connectivity index (χ1) is 15.0. The average Bonchev–Trinajstić information content (AvgIpc) is 2.76. The molecule has 2 N–H and O–H groups in total. The highest BCUT2D eigenvalue weighted by molar-refractivity contribution is 5.79. The first-order valence-corrected chi connectivity index (χ1v) is 11.6. The number of aliphatic imine (C=N–C) groups is 1. The molecule has 2 aliphatic rings. The van der Waals surface area contributed by atoms with Crippen LogP contribution in [-0.2, 0) is 16.0 Å². The Morgan fingerprint density at radius 3 is 2.45 bits per heavy atom. The van der Waals surface area contributed by atoms with Crippen LogP contribution in [0, 0.1) is 5.92 Å². The lowest BCUT2D eigenvalue weighted by Gasteiger charge is -2.37. The zero-order chi connectivity index (χ0) is 22.2. The number of nitrogens with one attached hydrogen (secondary N) is 2. The van der Waals surface area contributed by atoms with Crippen LogP contribution in [-0.4, -0.2) is 87.1 Å². The van der Waals surface area contributed by atoms with Crippen LogP contribution in [0.5, 0.6) is 0 Å². The van der Waals surface area contributed by atoms with Crippen molar-refractivity contribution in [2.75, 3.05) is 57.9 Å². The van der Waals surface area contributed by atoms with Crippen molar-refractivity contribution in [3.8, 4) is 0 Å². The van der Waals surface area contributed by atoms with Gasteiger partial charge >= 0.3 is 0 Å². The number of aromatic nitrogens is 1. The topological polar surface area (TPSA) is 74.2 Å².